The molecule has 1 aliphatic rings. The minimum absolute atomic E-state index is 0.712. The number of nitrogens with zero attached hydrogens (tertiary/aromatic N) is 2. The lowest BCUT2D eigenvalue weighted by Crippen LogP contribution is -2.03. The third kappa shape index (κ3) is 2.75. The number of hydrogen-bond acceptors (Lipinski definition) is 3. The largest absolute Gasteiger partial charge is 0.361 e. The Morgan fingerprint density at radius 2 is 2.07 bits per heavy atom. The van der Waals surface area contributed by atoms with Crippen LogP contribution in [0.15, 0.2) is 39.3 Å². The molecular formula is C22H20BrN3O2. The molecule has 0 aliphatic heterocycles. The van der Waals surface area contributed by atoms with Crippen molar-refractivity contribution in [3.05, 3.63) is 46.3 Å². The summed E-state index contributed by atoms with van der Waals surface area (Å²) in [5.74, 6) is 1.49. The Kier molecular flexibility index (Phi) is 4.05. The van der Waals surface area contributed by atoms with E-state index in [0.29, 0.717) is 5.92 Å². The Balaban J connectivity index is 1.88. The minimum atomic E-state index is 0.712. The van der Waals surface area contributed by atoms with Crippen molar-refractivity contribution in [3.63, 3.8) is 0 Å². The van der Waals surface area contributed by atoms with Gasteiger partial charge in [-0.15, -0.1) is 0 Å². The maximum absolute atomic E-state index is 11.4. The molecule has 0 unspecified atom stereocenters. The molecule has 28 heavy (non-hydrogen) atoms. The van der Waals surface area contributed by atoms with Gasteiger partial charge in [-0.2, -0.15) is 0 Å². The Morgan fingerprint density at radius 3 is 2.75 bits per heavy atom. The lowest BCUT2D eigenvalue weighted by atomic mass is 10.00. The molecule has 0 bridgehead atoms. The van der Waals surface area contributed by atoms with Crippen molar-refractivity contribution < 1.29 is 9.32 Å². The number of halogens is 1. The summed E-state index contributed by atoms with van der Waals surface area (Å²) in [6, 6.07) is 10.6. The van der Waals surface area contributed by atoms with Crippen LogP contribution in [-0.2, 0) is 11.3 Å². The number of amides is 1. The van der Waals surface area contributed by atoms with E-state index in [2.05, 4.69) is 55.2 Å². The lowest BCUT2D eigenvalue weighted by molar-refractivity contribution is -0.105. The molecule has 6 heteroatoms. The van der Waals surface area contributed by atoms with Gasteiger partial charge in [-0.05, 0) is 62.4 Å². The molecule has 2 aromatic heterocycles. The van der Waals surface area contributed by atoms with E-state index in [1.165, 1.54) is 23.7 Å². The summed E-state index contributed by atoms with van der Waals surface area (Å²) in [4.78, 5) is 11.4. The molecule has 5 nitrogen and oxygen atoms in total. The quantitative estimate of drug-likeness (QED) is 0.400. The molecule has 0 radical (unpaired) electrons. The van der Waals surface area contributed by atoms with Crippen LogP contribution in [0.2, 0.25) is 0 Å². The van der Waals surface area contributed by atoms with Crippen LogP contribution in [-0.4, -0.2) is 16.1 Å². The molecule has 142 valence electrons. The van der Waals surface area contributed by atoms with Gasteiger partial charge in [0.25, 0.3) is 0 Å². The minimum Gasteiger partial charge on any atom is -0.361 e. The second kappa shape index (κ2) is 6.48. The molecule has 4 aromatic rings. The van der Waals surface area contributed by atoms with Crippen molar-refractivity contribution in [1.29, 1.82) is 0 Å². The van der Waals surface area contributed by atoms with Crippen LogP contribution in [0.4, 0.5) is 5.69 Å². The number of benzene rings is 2. The molecule has 0 saturated heterocycles. The van der Waals surface area contributed by atoms with Crippen LogP contribution in [0.1, 0.15) is 24.3 Å². The highest BCUT2D eigenvalue weighted by Crippen LogP contribution is 2.42. The third-order valence-corrected chi connectivity index (χ3v) is 6.09. The number of carbonyl (C=O) groups excluding carboxylic acids is 1. The Labute approximate surface area is 170 Å². The molecule has 1 saturated carbocycles. The van der Waals surface area contributed by atoms with Gasteiger partial charge < -0.3 is 14.4 Å². The summed E-state index contributed by atoms with van der Waals surface area (Å²) >= 11 is 3.61. The normalized spacial score (nSPS) is 14.1. The zero-order chi connectivity index (χ0) is 19.4. The van der Waals surface area contributed by atoms with E-state index in [1.54, 1.807) is 0 Å². The zero-order valence-electron chi connectivity index (χ0n) is 15.8. The predicted octanol–water partition coefficient (Wildman–Crippen LogP) is 5.81. The van der Waals surface area contributed by atoms with E-state index in [0.717, 1.165) is 56.6 Å². The number of aromatic nitrogens is 2. The summed E-state index contributed by atoms with van der Waals surface area (Å²) in [5.41, 5.74) is 5.90. The first-order chi connectivity index (χ1) is 13.6. The standard InChI is InChI=1S/C22H20BrN3O2/c1-12-21(13(2)28-25-12)15-7-18-17-6-5-16(23)9-20(17)26(10-14-3-4-14)22(18)19(8-15)24-11-27/h5-9,11,14H,3-4,10H2,1-2H3,(H,24,27). The van der Waals surface area contributed by atoms with E-state index < -0.39 is 0 Å². The number of fused-ring (bicyclic) bond motifs is 3. The fraction of sp³-hybridized carbons (Fsp3) is 0.273. The second-order valence-electron chi connectivity index (χ2n) is 7.60. The fourth-order valence-corrected chi connectivity index (χ4v) is 4.52. The average Bonchev–Trinajstić information content (AvgIpc) is 3.36. The van der Waals surface area contributed by atoms with Crippen molar-refractivity contribution >= 4 is 49.8 Å². The van der Waals surface area contributed by atoms with Gasteiger partial charge in [-0.25, -0.2) is 0 Å². The Hall–Kier alpha value is -2.60. The first-order valence-corrected chi connectivity index (χ1v) is 10.2. The van der Waals surface area contributed by atoms with Crippen molar-refractivity contribution in [2.75, 3.05) is 5.32 Å². The van der Waals surface area contributed by atoms with E-state index >= 15 is 0 Å². The van der Waals surface area contributed by atoms with Gasteiger partial charge in [0.05, 0.1) is 22.4 Å². The van der Waals surface area contributed by atoms with Crippen LogP contribution in [0.3, 0.4) is 0 Å². The number of hydrogen-bond donors (Lipinski definition) is 1. The fourth-order valence-electron chi connectivity index (χ4n) is 4.17. The smallest absolute Gasteiger partial charge is 0.211 e. The third-order valence-electron chi connectivity index (χ3n) is 5.59. The molecule has 0 atom stereocenters. The molecule has 5 rings (SSSR count). The highest BCUT2D eigenvalue weighted by atomic mass is 79.9. The number of nitrogens with one attached hydrogen (secondary N) is 1. The first kappa shape index (κ1) is 17.5. The molecule has 1 amide bonds. The molecular weight excluding hydrogens is 418 g/mol. The van der Waals surface area contributed by atoms with Crippen molar-refractivity contribution in [2.24, 2.45) is 5.92 Å². The SMILES string of the molecule is Cc1noc(C)c1-c1cc(NC=O)c2c(c1)c1ccc(Br)cc1n2CC1CC1. The molecule has 1 N–H and O–H groups in total. The van der Waals surface area contributed by atoms with Crippen LogP contribution < -0.4 is 5.32 Å². The predicted molar refractivity (Wildman–Crippen MR) is 115 cm³/mol. The molecule has 2 heterocycles. The molecule has 1 fully saturated rings. The van der Waals surface area contributed by atoms with Gasteiger partial charge in [0.2, 0.25) is 6.41 Å². The van der Waals surface area contributed by atoms with Gasteiger partial charge in [0, 0.05) is 27.4 Å². The van der Waals surface area contributed by atoms with Crippen LogP contribution >= 0.6 is 15.9 Å². The van der Waals surface area contributed by atoms with Crippen molar-refractivity contribution in [3.8, 4) is 11.1 Å². The van der Waals surface area contributed by atoms with Crippen molar-refractivity contribution in [1.82, 2.24) is 9.72 Å². The maximum Gasteiger partial charge on any atom is 0.211 e. The number of carbonyl (C=O) groups is 1. The highest BCUT2D eigenvalue weighted by Gasteiger charge is 2.25. The molecule has 2 aromatic carbocycles. The first-order valence-electron chi connectivity index (χ1n) is 9.45. The van der Waals surface area contributed by atoms with Gasteiger partial charge >= 0.3 is 0 Å². The zero-order valence-corrected chi connectivity index (χ0v) is 17.3. The van der Waals surface area contributed by atoms with Crippen LogP contribution in [0.5, 0.6) is 0 Å². The summed E-state index contributed by atoms with van der Waals surface area (Å²) < 4.78 is 8.79. The van der Waals surface area contributed by atoms with Gasteiger partial charge in [-0.1, -0.05) is 27.2 Å². The van der Waals surface area contributed by atoms with E-state index in [-0.39, 0.29) is 0 Å². The molecule has 1 aliphatic carbocycles. The van der Waals surface area contributed by atoms with Crippen LogP contribution in [0, 0.1) is 19.8 Å². The van der Waals surface area contributed by atoms with Crippen molar-refractivity contribution in [2.45, 2.75) is 33.2 Å². The number of anilines is 1. The molecule has 0 spiro atoms. The monoisotopic (exact) mass is 437 g/mol. The number of aryl methyl sites for hydroxylation is 2. The Morgan fingerprint density at radius 1 is 1.25 bits per heavy atom. The topological polar surface area (TPSA) is 60.1 Å². The van der Waals surface area contributed by atoms with Crippen LogP contribution in [0.25, 0.3) is 32.9 Å². The lowest BCUT2D eigenvalue weighted by Gasteiger charge is -2.12. The summed E-state index contributed by atoms with van der Waals surface area (Å²) in [5, 5.41) is 9.35. The maximum atomic E-state index is 11.4. The van der Waals surface area contributed by atoms with E-state index in [1.807, 2.05) is 19.9 Å². The second-order valence-corrected chi connectivity index (χ2v) is 8.51. The average molecular weight is 438 g/mol. The van der Waals surface area contributed by atoms with E-state index in [9.17, 15) is 4.79 Å². The van der Waals surface area contributed by atoms with Gasteiger partial charge in [0.1, 0.15) is 5.76 Å². The van der Waals surface area contributed by atoms with Gasteiger partial charge in [0.15, 0.2) is 0 Å². The summed E-state index contributed by atoms with van der Waals surface area (Å²) in [6.07, 6.45) is 3.28. The highest BCUT2D eigenvalue weighted by molar-refractivity contribution is 9.10. The van der Waals surface area contributed by atoms with E-state index in [4.69, 9.17) is 4.52 Å². The number of rotatable bonds is 5. The summed E-state index contributed by atoms with van der Waals surface area (Å²) in [6.45, 7) is 4.82. The Bertz CT molecular complexity index is 1210. The summed E-state index contributed by atoms with van der Waals surface area (Å²) in [7, 11) is 0. The van der Waals surface area contributed by atoms with Gasteiger partial charge in [-0.3, -0.25) is 4.79 Å².